The number of hydrogen-bond donors (Lipinski definition) is 1. The minimum absolute atomic E-state index is 0.0441. The van der Waals surface area contributed by atoms with Crippen LogP contribution in [0.1, 0.15) is 23.2 Å². The summed E-state index contributed by atoms with van der Waals surface area (Å²) in [6.45, 7) is 3.58. The summed E-state index contributed by atoms with van der Waals surface area (Å²) in [7, 11) is 0. The molecular formula is C16H20F3N5O2. The summed E-state index contributed by atoms with van der Waals surface area (Å²) >= 11 is 0. The number of aromatic nitrogens is 3. The van der Waals surface area contributed by atoms with E-state index in [1.165, 1.54) is 6.92 Å². The van der Waals surface area contributed by atoms with Crippen molar-refractivity contribution < 1.29 is 22.4 Å². The quantitative estimate of drug-likeness (QED) is 0.864. The highest BCUT2D eigenvalue weighted by molar-refractivity contribution is 5.82. The topological polar surface area (TPSA) is 76.2 Å². The van der Waals surface area contributed by atoms with Gasteiger partial charge in [-0.15, -0.1) is 0 Å². The third kappa shape index (κ3) is 4.43. The van der Waals surface area contributed by atoms with Gasteiger partial charge in [-0.05, 0) is 26.0 Å². The molecule has 0 saturated carbocycles. The molecule has 3 rings (SSSR count). The van der Waals surface area contributed by atoms with Crippen LogP contribution in [0.4, 0.5) is 13.2 Å². The van der Waals surface area contributed by atoms with Crippen molar-refractivity contribution in [1.29, 1.82) is 0 Å². The van der Waals surface area contributed by atoms with Crippen LogP contribution in [-0.4, -0.2) is 50.9 Å². The zero-order valence-corrected chi connectivity index (χ0v) is 14.5. The van der Waals surface area contributed by atoms with E-state index in [1.54, 1.807) is 0 Å². The van der Waals surface area contributed by atoms with Gasteiger partial charge >= 0.3 is 6.18 Å². The monoisotopic (exact) mass is 371 g/mol. The highest BCUT2D eigenvalue weighted by Crippen LogP contribution is 2.20. The van der Waals surface area contributed by atoms with E-state index in [0.29, 0.717) is 25.4 Å². The first-order valence-corrected chi connectivity index (χ1v) is 8.25. The molecule has 1 atom stereocenters. The van der Waals surface area contributed by atoms with Gasteiger partial charge in [-0.25, -0.2) is 9.67 Å². The van der Waals surface area contributed by atoms with Crippen LogP contribution in [-0.2, 0) is 24.3 Å². The fraction of sp³-hybridized carbons (Fsp3) is 0.562. The number of nitrogens with one attached hydrogen (secondary N) is 1. The molecule has 1 fully saturated rings. The van der Waals surface area contributed by atoms with Crippen molar-refractivity contribution in [2.75, 3.05) is 13.1 Å². The third-order valence-corrected chi connectivity index (χ3v) is 4.16. The van der Waals surface area contributed by atoms with Gasteiger partial charge in [0.1, 0.15) is 29.7 Å². The van der Waals surface area contributed by atoms with Crippen molar-refractivity contribution >= 4 is 5.91 Å². The van der Waals surface area contributed by atoms with Crippen molar-refractivity contribution in [3.05, 3.63) is 35.3 Å². The first kappa shape index (κ1) is 18.4. The number of nitrogens with zero attached hydrogens (tertiary/aromatic N) is 4. The van der Waals surface area contributed by atoms with Gasteiger partial charge in [0.15, 0.2) is 0 Å². The number of alkyl halides is 3. The van der Waals surface area contributed by atoms with Crippen LogP contribution in [0, 0.1) is 13.8 Å². The fourth-order valence-corrected chi connectivity index (χ4v) is 3.06. The molecule has 2 aromatic rings. The molecule has 3 heterocycles. The van der Waals surface area contributed by atoms with Gasteiger partial charge in [-0.1, -0.05) is 0 Å². The molecule has 0 bridgehead atoms. The van der Waals surface area contributed by atoms with Crippen molar-refractivity contribution in [1.82, 2.24) is 25.0 Å². The van der Waals surface area contributed by atoms with Crippen LogP contribution in [0.3, 0.4) is 0 Å². The van der Waals surface area contributed by atoms with Gasteiger partial charge in [0.05, 0.1) is 12.6 Å². The maximum absolute atomic E-state index is 12.8. The normalized spacial score (nSPS) is 19.0. The average Bonchev–Trinajstić information content (AvgIpc) is 3.07. The summed E-state index contributed by atoms with van der Waals surface area (Å²) in [5.41, 5.74) is 0. The second-order valence-electron chi connectivity index (χ2n) is 6.34. The zero-order chi connectivity index (χ0) is 18.9. The molecule has 1 amide bonds. The van der Waals surface area contributed by atoms with Gasteiger partial charge in [-0.3, -0.25) is 9.69 Å². The summed E-state index contributed by atoms with van der Waals surface area (Å²) in [4.78, 5) is 18.3. The lowest BCUT2D eigenvalue weighted by atomic mass is 10.1. The van der Waals surface area contributed by atoms with Crippen molar-refractivity contribution in [2.45, 2.75) is 45.6 Å². The fourth-order valence-electron chi connectivity index (χ4n) is 3.06. The second kappa shape index (κ2) is 7.10. The summed E-state index contributed by atoms with van der Waals surface area (Å²) in [6, 6.07) is 3.03. The van der Waals surface area contributed by atoms with E-state index in [2.05, 4.69) is 15.4 Å². The minimum Gasteiger partial charge on any atom is -0.465 e. The lowest BCUT2D eigenvalue weighted by Gasteiger charge is -2.34. The first-order chi connectivity index (χ1) is 12.2. The molecule has 0 radical (unpaired) electrons. The Balaban J connectivity index is 1.80. The van der Waals surface area contributed by atoms with Gasteiger partial charge in [0.25, 0.3) is 0 Å². The highest BCUT2D eigenvalue weighted by Gasteiger charge is 2.34. The van der Waals surface area contributed by atoms with E-state index in [-0.39, 0.29) is 24.0 Å². The van der Waals surface area contributed by atoms with E-state index in [4.69, 9.17) is 4.42 Å². The number of hydrogen-bond acceptors (Lipinski definition) is 5. The Bertz CT molecular complexity index is 783. The van der Waals surface area contributed by atoms with Crippen LogP contribution < -0.4 is 5.32 Å². The Labute approximate surface area is 148 Å². The SMILES string of the molecule is Cc1nc(C[C@H]2C(=O)NCCN2Cc2ccc(C)o2)n(CC(F)(F)F)n1. The number of halogens is 3. The van der Waals surface area contributed by atoms with Gasteiger partial charge < -0.3 is 9.73 Å². The molecule has 1 aliphatic rings. The predicted octanol–water partition coefficient (Wildman–Crippen LogP) is 1.59. The molecule has 0 unspecified atom stereocenters. The number of amides is 1. The Hall–Kier alpha value is -2.36. The van der Waals surface area contributed by atoms with Crippen LogP contribution in [0.5, 0.6) is 0 Å². The molecule has 1 aliphatic heterocycles. The van der Waals surface area contributed by atoms with Gasteiger partial charge in [0.2, 0.25) is 5.91 Å². The number of furan rings is 1. The average molecular weight is 371 g/mol. The largest absolute Gasteiger partial charge is 0.465 e. The van der Waals surface area contributed by atoms with Crippen molar-refractivity contribution in [3.63, 3.8) is 0 Å². The molecule has 0 spiro atoms. The van der Waals surface area contributed by atoms with E-state index >= 15 is 0 Å². The standard InChI is InChI=1S/C16H20F3N5O2/c1-10-3-4-12(26-10)8-23-6-5-20-15(25)13(23)7-14-21-11(2)22-24(14)9-16(17,18)19/h3-4,13H,5-9H2,1-2H3,(H,20,25)/t13-/m0/s1. The van der Waals surface area contributed by atoms with Crippen LogP contribution >= 0.6 is 0 Å². The maximum atomic E-state index is 12.8. The van der Waals surface area contributed by atoms with E-state index in [9.17, 15) is 18.0 Å². The van der Waals surface area contributed by atoms with E-state index in [1.807, 2.05) is 24.0 Å². The van der Waals surface area contributed by atoms with Crippen molar-refractivity contribution in [2.24, 2.45) is 0 Å². The Morgan fingerprint density at radius 1 is 1.35 bits per heavy atom. The van der Waals surface area contributed by atoms with E-state index < -0.39 is 18.8 Å². The zero-order valence-electron chi connectivity index (χ0n) is 14.5. The lowest BCUT2D eigenvalue weighted by Crippen LogP contribution is -2.55. The molecule has 1 N–H and O–H groups in total. The summed E-state index contributed by atoms with van der Waals surface area (Å²) < 4.78 is 44.7. The predicted molar refractivity (Wildman–Crippen MR) is 85.2 cm³/mol. The second-order valence-corrected chi connectivity index (χ2v) is 6.34. The molecule has 0 aliphatic carbocycles. The summed E-state index contributed by atoms with van der Waals surface area (Å²) in [5.74, 6) is 1.61. The van der Waals surface area contributed by atoms with Crippen LogP contribution in [0.25, 0.3) is 0 Å². The third-order valence-electron chi connectivity index (χ3n) is 4.16. The molecule has 0 aromatic carbocycles. The Kier molecular flexibility index (Phi) is 5.03. The number of piperazine rings is 1. The highest BCUT2D eigenvalue weighted by atomic mass is 19.4. The Morgan fingerprint density at radius 3 is 2.77 bits per heavy atom. The summed E-state index contributed by atoms with van der Waals surface area (Å²) in [5, 5.41) is 6.57. The van der Waals surface area contributed by atoms with Crippen molar-refractivity contribution in [3.8, 4) is 0 Å². The molecule has 142 valence electrons. The Morgan fingerprint density at radius 2 is 2.12 bits per heavy atom. The van der Waals surface area contributed by atoms with Gasteiger partial charge in [-0.2, -0.15) is 18.3 Å². The smallest absolute Gasteiger partial charge is 0.408 e. The maximum Gasteiger partial charge on any atom is 0.408 e. The summed E-state index contributed by atoms with van der Waals surface area (Å²) in [6.07, 6.45) is -4.36. The molecule has 7 nitrogen and oxygen atoms in total. The first-order valence-electron chi connectivity index (χ1n) is 8.25. The number of carbonyl (C=O) groups excluding carboxylic acids is 1. The molecule has 1 saturated heterocycles. The van der Waals surface area contributed by atoms with Crippen LogP contribution in [0.15, 0.2) is 16.5 Å². The van der Waals surface area contributed by atoms with Gasteiger partial charge in [0, 0.05) is 19.5 Å². The molecular weight excluding hydrogens is 351 g/mol. The lowest BCUT2D eigenvalue weighted by molar-refractivity contribution is -0.143. The molecule has 10 heteroatoms. The van der Waals surface area contributed by atoms with Crippen LogP contribution in [0.2, 0.25) is 0 Å². The molecule has 2 aromatic heterocycles. The number of rotatable bonds is 5. The number of aryl methyl sites for hydroxylation is 2. The minimum atomic E-state index is -4.41. The number of carbonyl (C=O) groups is 1. The molecule has 26 heavy (non-hydrogen) atoms. The van der Waals surface area contributed by atoms with E-state index in [0.717, 1.165) is 10.4 Å².